The van der Waals surface area contributed by atoms with E-state index in [4.69, 9.17) is 4.74 Å². The van der Waals surface area contributed by atoms with Gasteiger partial charge in [-0.3, -0.25) is 9.69 Å². The minimum absolute atomic E-state index is 0.0669. The van der Waals surface area contributed by atoms with Crippen LogP contribution in [0.3, 0.4) is 0 Å². The highest BCUT2D eigenvalue weighted by Crippen LogP contribution is 2.33. The normalized spacial score (nSPS) is 14.9. The Morgan fingerprint density at radius 2 is 2.16 bits per heavy atom. The number of nitro groups is 1. The van der Waals surface area contributed by atoms with Crippen molar-refractivity contribution in [2.24, 2.45) is 5.41 Å². The maximum absolute atomic E-state index is 11.9. The number of anilines is 1. The molecule has 0 fully saturated rings. The lowest BCUT2D eigenvalue weighted by atomic mass is 9.96. The molecule has 0 saturated heterocycles. The number of nitrogens with zero attached hydrogens (tertiary/aromatic N) is 3. The van der Waals surface area contributed by atoms with Crippen molar-refractivity contribution in [3.63, 3.8) is 0 Å². The molecule has 0 N–H and O–H groups in total. The number of pyridine rings is 1. The van der Waals surface area contributed by atoms with Gasteiger partial charge in [0.1, 0.15) is 0 Å². The molecule has 0 aliphatic carbocycles. The highest BCUT2D eigenvalue weighted by Gasteiger charge is 2.34. The molecule has 102 valence electrons. The standard InChI is InChI=1S/C12H15N3O4/c1-12(2,3)7-14-10(16)6-19-8-4-5-9(15(17)18)13-11(8)14/h4-5H,6-7H2,1-3H3. The van der Waals surface area contributed by atoms with E-state index in [9.17, 15) is 14.9 Å². The molecular formula is C12H15N3O4. The van der Waals surface area contributed by atoms with E-state index < -0.39 is 4.92 Å². The lowest BCUT2D eigenvalue weighted by Gasteiger charge is -2.30. The Bertz CT molecular complexity index is 536. The van der Waals surface area contributed by atoms with Gasteiger partial charge in [0.05, 0.1) is 0 Å². The molecular weight excluding hydrogens is 250 g/mol. The van der Waals surface area contributed by atoms with E-state index in [1.807, 2.05) is 20.8 Å². The van der Waals surface area contributed by atoms with Gasteiger partial charge in [0.25, 0.3) is 11.7 Å². The summed E-state index contributed by atoms with van der Waals surface area (Å²) in [6.45, 7) is 6.30. The van der Waals surface area contributed by atoms with E-state index in [1.165, 1.54) is 17.0 Å². The number of carbonyl (C=O) groups excluding carboxylic acids is 1. The second kappa shape index (κ2) is 4.49. The van der Waals surface area contributed by atoms with Crippen molar-refractivity contribution in [2.45, 2.75) is 20.8 Å². The lowest BCUT2D eigenvalue weighted by Crippen LogP contribution is -2.44. The highest BCUT2D eigenvalue weighted by atomic mass is 16.6. The number of aromatic nitrogens is 1. The maximum atomic E-state index is 11.9. The summed E-state index contributed by atoms with van der Waals surface area (Å²) in [6.07, 6.45) is 0. The van der Waals surface area contributed by atoms with E-state index in [2.05, 4.69) is 4.98 Å². The third kappa shape index (κ3) is 2.81. The largest absolute Gasteiger partial charge is 0.477 e. The van der Waals surface area contributed by atoms with Gasteiger partial charge in [0, 0.05) is 12.6 Å². The second-order valence-electron chi connectivity index (χ2n) is 5.58. The molecule has 0 unspecified atom stereocenters. The molecule has 0 saturated carbocycles. The molecule has 1 aliphatic rings. The minimum Gasteiger partial charge on any atom is -0.477 e. The van der Waals surface area contributed by atoms with Crippen molar-refractivity contribution in [3.8, 4) is 5.75 Å². The fourth-order valence-corrected chi connectivity index (χ4v) is 1.81. The van der Waals surface area contributed by atoms with Crippen LogP contribution in [0.1, 0.15) is 20.8 Å². The van der Waals surface area contributed by atoms with Crippen molar-refractivity contribution in [1.29, 1.82) is 0 Å². The third-order valence-electron chi connectivity index (χ3n) is 2.55. The maximum Gasteiger partial charge on any atom is 0.366 e. The first-order chi connectivity index (χ1) is 8.78. The molecule has 1 aromatic heterocycles. The van der Waals surface area contributed by atoms with Gasteiger partial charge in [-0.1, -0.05) is 20.8 Å². The second-order valence-corrected chi connectivity index (χ2v) is 5.58. The van der Waals surface area contributed by atoms with Crippen LogP contribution >= 0.6 is 0 Å². The molecule has 1 aromatic rings. The average molecular weight is 265 g/mol. The van der Waals surface area contributed by atoms with Crippen molar-refractivity contribution in [3.05, 3.63) is 22.2 Å². The topological polar surface area (TPSA) is 85.6 Å². The number of hydrogen-bond acceptors (Lipinski definition) is 5. The summed E-state index contributed by atoms with van der Waals surface area (Å²) in [7, 11) is 0. The molecule has 0 radical (unpaired) electrons. The quantitative estimate of drug-likeness (QED) is 0.600. The predicted molar refractivity (Wildman–Crippen MR) is 68.2 cm³/mol. The van der Waals surface area contributed by atoms with Crippen molar-refractivity contribution in [1.82, 2.24) is 4.98 Å². The average Bonchev–Trinajstić information content (AvgIpc) is 2.31. The molecule has 2 heterocycles. The van der Waals surface area contributed by atoms with Crippen LogP contribution in [0, 0.1) is 15.5 Å². The van der Waals surface area contributed by atoms with Crippen LogP contribution in [0.5, 0.6) is 5.75 Å². The molecule has 0 atom stereocenters. The predicted octanol–water partition coefficient (Wildman–Crippen LogP) is 1.76. The highest BCUT2D eigenvalue weighted by molar-refractivity contribution is 5.96. The zero-order chi connectivity index (χ0) is 14.2. The molecule has 7 nitrogen and oxygen atoms in total. The van der Waals surface area contributed by atoms with Gasteiger partial charge in [-0.2, -0.15) is 0 Å². The molecule has 0 spiro atoms. The number of ether oxygens (including phenoxy) is 1. The summed E-state index contributed by atoms with van der Waals surface area (Å²) in [6, 6.07) is 2.74. The zero-order valence-electron chi connectivity index (χ0n) is 11.0. The van der Waals surface area contributed by atoms with Crippen molar-refractivity contribution in [2.75, 3.05) is 18.1 Å². The first-order valence-electron chi connectivity index (χ1n) is 5.86. The van der Waals surface area contributed by atoms with Crippen LogP contribution in [0.4, 0.5) is 11.6 Å². The molecule has 0 aromatic carbocycles. The molecule has 19 heavy (non-hydrogen) atoms. The van der Waals surface area contributed by atoms with E-state index in [1.54, 1.807) is 0 Å². The van der Waals surface area contributed by atoms with Gasteiger partial charge in [0.2, 0.25) is 0 Å². The summed E-state index contributed by atoms with van der Waals surface area (Å²) >= 11 is 0. The summed E-state index contributed by atoms with van der Waals surface area (Å²) in [4.78, 5) is 27.4. The van der Waals surface area contributed by atoms with Crippen molar-refractivity contribution < 1.29 is 14.5 Å². The Kier molecular flexibility index (Phi) is 3.13. The Labute approximate surface area is 110 Å². The Morgan fingerprint density at radius 3 is 2.74 bits per heavy atom. The summed E-state index contributed by atoms with van der Waals surface area (Å²) in [5.41, 5.74) is -0.142. The number of fused-ring (bicyclic) bond motifs is 1. The van der Waals surface area contributed by atoms with Gasteiger partial charge in [-0.05, 0) is 21.4 Å². The van der Waals surface area contributed by atoms with Gasteiger partial charge in [-0.25, -0.2) is 0 Å². The van der Waals surface area contributed by atoms with Crippen LogP contribution in [0.15, 0.2) is 12.1 Å². The van der Waals surface area contributed by atoms with Crippen LogP contribution in [0.25, 0.3) is 0 Å². The molecule has 0 bridgehead atoms. The van der Waals surface area contributed by atoms with E-state index in [0.29, 0.717) is 12.3 Å². The SMILES string of the molecule is CC(C)(C)CN1C(=O)COc2ccc([N+](=O)[O-])nc21. The summed E-state index contributed by atoms with van der Waals surface area (Å²) in [5, 5.41) is 10.8. The van der Waals surface area contributed by atoms with E-state index >= 15 is 0 Å². The summed E-state index contributed by atoms with van der Waals surface area (Å²) < 4.78 is 5.24. The van der Waals surface area contributed by atoms with Crippen LogP contribution in [-0.2, 0) is 4.79 Å². The van der Waals surface area contributed by atoms with E-state index in [-0.39, 0.29) is 29.6 Å². The zero-order valence-corrected chi connectivity index (χ0v) is 11.0. The van der Waals surface area contributed by atoms with E-state index in [0.717, 1.165) is 0 Å². The molecule has 1 amide bonds. The lowest BCUT2D eigenvalue weighted by molar-refractivity contribution is -0.389. The first-order valence-corrected chi connectivity index (χ1v) is 5.86. The van der Waals surface area contributed by atoms with Crippen molar-refractivity contribution >= 4 is 17.5 Å². The number of rotatable bonds is 2. The van der Waals surface area contributed by atoms with Crippen LogP contribution in [-0.4, -0.2) is 29.0 Å². The van der Waals surface area contributed by atoms with Crippen LogP contribution < -0.4 is 9.64 Å². The smallest absolute Gasteiger partial charge is 0.366 e. The van der Waals surface area contributed by atoms with Gasteiger partial charge in [-0.15, -0.1) is 0 Å². The Balaban J connectivity index is 2.44. The molecule has 2 rings (SSSR count). The Morgan fingerprint density at radius 1 is 1.47 bits per heavy atom. The Hall–Kier alpha value is -2.18. The van der Waals surface area contributed by atoms with Gasteiger partial charge >= 0.3 is 5.82 Å². The number of hydrogen-bond donors (Lipinski definition) is 0. The minimum atomic E-state index is -0.589. The fourth-order valence-electron chi connectivity index (χ4n) is 1.81. The number of carbonyl (C=O) groups is 1. The summed E-state index contributed by atoms with van der Waals surface area (Å²) in [5.74, 6) is 0.0845. The van der Waals surface area contributed by atoms with Gasteiger partial charge < -0.3 is 14.9 Å². The fraction of sp³-hybridized carbons (Fsp3) is 0.500. The third-order valence-corrected chi connectivity index (χ3v) is 2.55. The number of amides is 1. The molecule has 1 aliphatic heterocycles. The first kappa shape index (κ1) is 13.3. The molecule has 7 heteroatoms. The van der Waals surface area contributed by atoms with Crippen LogP contribution in [0.2, 0.25) is 0 Å². The van der Waals surface area contributed by atoms with Gasteiger partial charge in [0.15, 0.2) is 12.4 Å². The monoisotopic (exact) mass is 265 g/mol.